The van der Waals surface area contributed by atoms with Gasteiger partial charge in [0.15, 0.2) is 0 Å². The average molecular weight is 192 g/mol. The lowest BCUT2D eigenvalue weighted by Crippen LogP contribution is -1.90. The molecule has 0 heterocycles. The van der Waals surface area contributed by atoms with Crippen molar-refractivity contribution in [3.05, 3.63) is 0 Å². The predicted molar refractivity (Wildman–Crippen MR) is 59.2 cm³/mol. The van der Waals surface area contributed by atoms with Crippen LogP contribution in [0.4, 0.5) is 0 Å². The second-order valence-electron chi connectivity index (χ2n) is 3.68. The summed E-state index contributed by atoms with van der Waals surface area (Å²) in [5.41, 5.74) is 0. The molecule has 0 spiro atoms. The highest BCUT2D eigenvalue weighted by atomic mass is 33.1. The fraction of sp³-hybridized carbons (Fsp3) is 1.00. The van der Waals surface area contributed by atoms with Crippen molar-refractivity contribution >= 4 is 21.6 Å². The first-order valence-electron chi connectivity index (χ1n) is 4.37. The Bertz CT molecular complexity index is 69.6. The van der Waals surface area contributed by atoms with Crippen molar-refractivity contribution in [2.75, 3.05) is 11.5 Å². The molecule has 0 aromatic heterocycles. The summed E-state index contributed by atoms with van der Waals surface area (Å²) in [7, 11) is 4.05. The van der Waals surface area contributed by atoms with E-state index in [1.165, 1.54) is 17.9 Å². The molecule has 0 aliphatic carbocycles. The second kappa shape index (κ2) is 7.35. The molecule has 11 heavy (non-hydrogen) atoms. The minimum absolute atomic E-state index is 0.839. The SMILES string of the molecule is CC(C)CCSSCC(C)C. The van der Waals surface area contributed by atoms with Crippen LogP contribution >= 0.6 is 21.6 Å². The van der Waals surface area contributed by atoms with E-state index < -0.39 is 0 Å². The van der Waals surface area contributed by atoms with E-state index in [9.17, 15) is 0 Å². The van der Waals surface area contributed by atoms with Crippen LogP contribution in [0.15, 0.2) is 0 Å². The Labute approximate surface area is 79.3 Å². The van der Waals surface area contributed by atoms with E-state index in [2.05, 4.69) is 27.7 Å². The minimum Gasteiger partial charge on any atom is -0.0941 e. The zero-order valence-corrected chi connectivity index (χ0v) is 9.73. The van der Waals surface area contributed by atoms with Crippen molar-refractivity contribution in [2.24, 2.45) is 11.8 Å². The third-order valence-corrected chi connectivity index (χ3v) is 4.04. The van der Waals surface area contributed by atoms with Crippen LogP contribution in [-0.4, -0.2) is 11.5 Å². The van der Waals surface area contributed by atoms with Gasteiger partial charge in [0.2, 0.25) is 0 Å². The molecule has 0 aromatic carbocycles. The average Bonchev–Trinajstić information content (AvgIpc) is 1.85. The lowest BCUT2D eigenvalue weighted by atomic mass is 10.2. The van der Waals surface area contributed by atoms with Crippen LogP contribution < -0.4 is 0 Å². The van der Waals surface area contributed by atoms with E-state index in [-0.39, 0.29) is 0 Å². The molecule has 0 fully saturated rings. The van der Waals surface area contributed by atoms with E-state index in [4.69, 9.17) is 0 Å². The van der Waals surface area contributed by atoms with E-state index in [0.29, 0.717) is 0 Å². The van der Waals surface area contributed by atoms with Crippen LogP contribution in [0.5, 0.6) is 0 Å². The lowest BCUT2D eigenvalue weighted by molar-refractivity contribution is 0.633. The van der Waals surface area contributed by atoms with Gasteiger partial charge < -0.3 is 0 Å². The van der Waals surface area contributed by atoms with E-state index in [1.54, 1.807) is 0 Å². The molecular weight excluding hydrogens is 172 g/mol. The maximum atomic E-state index is 2.29. The summed E-state index contributed by atoms with van der Waals surface area (Å²) >= 11 is 0. The Hall–Kier alpha value is 0.700. The zero-order valence-electron chi connectivity index (χ0n) is 8.09. The molecular formula is C9H20S2. The number of hydrogen-bond acceptors (Lipinski definition) is 2. The molecule has 0 aromatic rings. The molecule has 0 atom stereocenters. The van der Waals surface area contributed by atoms with Crippen LogP contribution in [0.1, 0.15) is 34.1 Å². The Balaban J connectivity index is 2.91. The molecule has 0 aliphatic rings. The molecule has 0 rings (SSSR count). The van der Waals surface area contributed by atoms with Gasteiger partial charge in [-0.1, -0.05) is 49.3 Å². The van der Waals surface area contributed by atoms with Gasteiger partial charge in [-0.15, -0.1) is 0 Å². The molecule has 0 aliphatic heterocycles. The monoisotopic (exact) mass is 192 g/mol. The fourth-order valence-electron chi connectivity index (χ4n) is 0.527. The standard InChI is InChI=1S/C9H20S2/c1-8(2)5-6-10-11-7-9(3)4/h8-9H,5-7H2,1-4H3. The first-order valence-corrected chi connectivity index (χ1v) is 6.86. The summed E-state index contributed by atoms with van der Waals surface area (Å²) in [5.74, 6) is 4.31. The topological polar surface area (TPSA) is 0 Å². The van der Waals surface area contributed by atoms with Crippen LogP contribution in [0.25, 0.3) is 0 Å². The second-order valence-corrected chi connectivity index (χ2v) is 6.31. The van der Waals surface area contributed by atoms with Crippen LogP contribution in [-0.2, 0) is 0 Å². The fourth-order valence-corrected chi connectivity index (χ4v) is 3.33. The van der Waals surface area contributed by atoms with E-state index in [0.717, 1.165) is 11.8 Å². The van der Waals surface area contributed by atoms with Crippen molar-refractivity contribution in [2.45, 2.75) is 34.1 Å². The molecule has 0 N–H and O–H groups in total. The summed E-state index contributed by atoms with van der Waals surface area (Å²) in [4.78, 5) is 0. The van der Waals surface area contributed by atoms with Gasteiger partial charge in [-0.2, -0.15) is 0 Å². The quantitative estimate of drug-likeness (QED) is 0.459. The smallest absolute Gasteiger partial charge is 0.00600 e. The van der Waals surface area contributed by atoms with Gasteiger partial charge in [-0.05, 0) is 18.3 Å². The van der Waals surface area contributed by atoms with Crippen molar-refractivity contribution in [3.63, 3.8) is 0 Å². The zero-order chi connectivity index (χ0) is 8.69. The summed E-state index contributed by atoms with van der Waals surface area (Å²) in [5, 5.41) is 0. The van der Waals surface area contributed by atoms with Crippen LogP contribution in [0.2, 0.25) is 0 Å². The predicted octanol–water partition coefficient (Wildman–Crippen LogP) is 4.07. The molecule has 0 saturated carbocycles. The summed E-state index contributed by atoms with van der Waals surface area (Å²) in [6, 6.07) is 0. The van der Waals surface area contributed by atoms with Crippen molar-refractivity contribution < 1.29 is 0 Å². The van der Waals surface area contributed by atoms with Gasteiger partial charge in [-0.25, -0.2) is 0 Å². The maximum absolute atomic E-state index is 2.29. The largest absolute Gasteiger partial charge is 0.0941 e. The minimum atomic E-state index is 0.839. The van der Waals surface area contributed by atoms with Gasteiger partial charge in [0.1, 0.15) is 0 Å². The highest BCUT2D eigenvalue weighted by Gasteiger charge is 1.96. The van der Waals surface area contributed by atoms with Gasteiger partial charge in [0.05, 0.1) is 0 Å². The molecule has 0 saturated heterocycles. The van der Waals surface area contributed by atoms with Gasteiger partial charge in [0.25, 0.3) is 0 Å². The van der Waals surface area contributed by atoms with Crippen molar-refractivity contribution in [1.82, 2.24) is 0 Å². The normalized spacial score (nSPS) is 11.5. The van der Waals surface area contributed by atoms with Gasteiger partial charge in [-0.3, -0.25) is 0 Å². The Morgan fingerprint density at radius 3 is 2.00 bits per heavy atom. The van der Waals surface area contributed by atoms with E-state index >= 15 is 0 Å². The molecule has 68 valence electrons. The highest BCUT2D eigenvalue weighted by molar-refractivity contribution is 8.76. The highest BCUT2D eigenvalue weighted by Crippen LogP contribution is 2.25. The first-order chi connectivity index (χ1) is 5.13. The number of hydrogen-bond donors (Lipinski definition) is 0. The maximum Gasteiger partial charge on any atom is 0.00600 e. The Morgan fingerprint density at radius 1 is 0.909 bits per heavy atom. The lowest BCUT2D eigenvalue weighted by Gasteiger charge is -2.05. The third-order valence-electron chi connectivity index (χ3n) is 1.26. The van der Waals surface area contributed by atoms with Gasteiger partial charge in [0, 0.05) is 11.5 Å². The summed E-state index contributed by atoms with van der Waals surface area (Å²) in [6.45, 7) is 9.12. The summed E-state index contributed by atoms with van der Waals surface area (Å²) in [6.07, 6.45) is 1.36. The number of rotatable bonds is 6. The summed E-state index contributed by atoms with van der Waals surface area (Å²) < 4.78 is 0. The Morgan fingerprint density at radius 2 is 1.55 bits per heavy atom. The molecule has 2 heteroatoms. The molecule has 0 unspecified atom stereocenters. The molecule has 0 bridgehead atoms. The van der Waals surface area contributed by atoms with Gasteiger partial charge >= 0.3 is 0 Å². The third kappa shape index (κ3) is 10.7. The van der Waals surface area contributed by atoms with E-state index in [1.807, 2.05) is 21.6 Å². The van der Waals surface area contributed by atoms with Crippen molar-refractivity contribution in [3.8, 4) is 0 Å². The molecule has 0 amide bonds. The molecule has 0 radical (unpaired) electrons. The van der Waals surface area contributed by atoms with Crippen LogP contribution in [0, 0.1) is 11.8 Å². The molecule has 0 nitrogen and oxygen atoms in total. The van der Waals surface area contributed by atoms with Crippen LogP contribution in [0.3, 0.4) is 0 Å². The first kappa shape index (κ1) is 11.7. The Kier molecular flexibility index (Phi) is 7.82. The van der Waals surface area contributed by atoms with Crippen molar-refractivity contribution in [1.29, 1.82) is 0 Å².